The summed E-state index contributed by atoms with van der Waals surface area (Å²) >= 11 is 0. The molecule has 1 aliphatic heterocycles. The van der Waals surface area contributed by atoms with Gasteiger partial charge in [-0.2, -0.15) is 0 Å². The van der Waals surface area contributed by atoms with E-state index in [2.05, 4.69) is 30.6 Å². The second kappa shape index (κ2) is 12.1. The zero-order valence-electron chi connectivity index (χ0n) is 21.8. The number of ether oxygens (including phenoxy) is 2. The number of hydrogen-bond acceptors (Lipinski definition) is 5. The second-order valence-corrected chi connectivity index (χ2v) is 9.86. The fraction of sp³-hybridized carbons (Fsp3) is 0.323. The zero-order valence-corrected chi connectivity index (χ0v) is 21.8. The molecule has 0 fully saturated rings. The summed E-state index contributed by atoms with van der Waals surface area (Å²) < 4.78 is 28.0. The first-order valence-electron chi connectivity index (χ1n) is 12.8. The Morgan fingerprint density at radius 3 is 2.49 bits per heavy atom. The average Bonchev–Trinajstić information content (AvgIpc) is 3.06. The number of halogens is 1. The van der Waals surface area contributed by atoms with Crippen molar-refractivity contribution in [3.63, 3.8) is 0 Å². The molecule has 5 nitrogen and oxygen atoms in total. The van der Waals surface area contributed by atoms with Crippen LogP contribution in [0.15, 0.2) is 73.3 Å². The quantitative estimate of drug-likeness (QED) is 0.199. The molecular formula is C31H35FN2O3. The standard InChI is InChI=1S/C31H35FN2O3/c1-5-16-34-19-26-28(32)22(4)27(31(35)37-25-14-10-7-11-15-25)30(36-20-23-12-8-6-9-13-23)29(26)33-18-24(34)17-21(2)3/h5-15,21,24,33H,1,16-20H2,2-4H3/t24-/m1/s1. The van der Waals surface area contributed by atoms with Crippen molar-refractivity contribution in [2.75, 3.05) is 18.4 Å². The summed E-state index contributed by atoms with van der Waals surface area (Å²) in [5.74, 6) is 0.105. The fourth-order valence-electron chi connectivity index (χ4n) is 4.82. The van der Waals surface area contributed by atoms with Crippen molar-refractivity contribution in [3.05, 3.63) is 101 Å². The van der Waals surface area contributed by atoms with E-state index in [-0.39, 0.29) is 23.8 Å². The van der Waals surface area contributed by atoms with Crippen LogP contribution in [-0.2, 0) is 13.2 Å². The summed E-state index contributed by atoms with van der Waals surface area (Å²) in [6, 6.07) is 18.7. The smallest absolute Gasteiger partial charge is 0.347 e. The highest BCUT2D eigenvalue weighted by molar-refractivity contribution is 5.98. The minimum atomic E-state index is -0.652. The number of anilines is 1. The molecule has 1 aliphatic rings. The van der Waals surface area contributed by atoms with E-state index >= 15 is 4.39 Å². The summed E-state index contributed by atoms with van der Waals surface area (Å²) in [5, 5.41) is 3.45. The van der Waals surface area contributed by atoms with E-state index in [4.69, 9.17) is 9.47 Å². The predicted octanol–water partition coefficient (Wildman–Crippen LogP) is 6.76. The predicted molar refractivity (Wildman–Crippen MR) is 146 cm³/mol. The van der Waals surface area contributed by atoms with Crippen LogP contribution in [0.1, 0.15) is 47.3 Å². The topological polar surface area (TPSA) is 50.8 Å². The molecule has 0 unspecified atom stereocenters. The Kier molecular flexibility index (Phi) is 8.62. The lowest BCUT2D eigenvalue weighted by atomic mass is 9.99. The van der Waals surface area contributed by atoms with Gasteiger partial charge in [0.15, 0.2) is 5.75 Å². The monoisotopic (exact) mass is 502 g/mol. The molecular weight excluding hydrogens is 467 g/mol. The van der Waals surface area contributed by atoms with Crippen LogP contribution < -0.4 is 14.8 Å². The molecule has 37 heavy (non-hydrogen) atoms. The lowest BCUT2D eigenvalue weighted by Crippen LogP contribution is -2.38. The number of carbonyl (C=O) groups is 1. The van der Waals surface area contributed by atoms with Gasteiger partial charge in [-0.25, -0.2) is 9.18 Å². The van der Waals surface area contributed by atoms with Gasteiger partial charge in [0.2, 0.25) is 0 Å². The van der Waals surface area contributed by atoms with E-state index in [1.54, 1.807) is 31.2 Å². The van der Waals surface area contributed by atoms with Crippen molar-refractivity contribution in [2.24, 2.45) is 5.92 Å². The van der Waals surface area contributed by atoms with Crippen molar-refractivity contribution >= 4 is 11.7 Å². The Morgan fingerprint density at radius 1 is 1.16 bits per heavy atom. The first-order valence-corrected chi connectivity index (χ1v) is 12.8. The third-order valence-corrected chi connectivity index (χ3v) is 6.61. The van der Waals surface area contributed by atoms with Crippen LogP contribution in [0.25, 0.3) is 0 Å². The number of hydrogen-bond donors (Lipinski definition) is 1. The number of nitrogens with one attached hydrogen (secondary N) is 1. The third kappa shape index (κ3) is 6.20. The number of benzene rings is 3. The van der Waals surface area contributed by atoms with Crippen LogP contribution in [-0.4, -0.2) is 30.0 Å². The number of para-hydroxylation sites is 1. The van der Waals surface area contributed by atoms with Crippen molar-refractivity contribution in [1.82, 2.24) is 4.90 Å². The van der Waals surface area contributed by atoms with Gasteiger partial charge in [-0.3, -0.25) is 4.90 Å². The highest BCUT2D eigenvalue weighted by Crippen LogP contribution is 2.41. The summed E-state index contributed by atoms with van der Waals surface area (Å²) in [5.41, 5.74) is 2.26. The van der Waals surface area contributed by atoms with Crippen molar-refractivity contribution < 1.29 is 18.7 Å². The summed E-state index contributed by atoms with van der Waals surface area (Å²) in [6.45, 7) is 11.7. The minimum absolute atomic E-state index is 0.0983. The average molecular weight is 503 g/mol. The first-order chi connectivity index (χ1) is 17.9. The normalized spacial score (nSPS) is 15.4. The Hall–Kier alpha value is -3.64. The molecule has 6 heteroatoms. The maximum absolute atomic E-state index is 16.0. The van der Waals surface area contributed by atoms with Gasteiger partial charge in [0, 0.05) is 36.8 Å². The second-order valence-electron chi connectivity index (χ2n) is 9.86. The van der Waals surface area contributed by atoms with Gasteiger partial charge < -0.3 is 14.8 Å². The van der Waals surface area contributed by atoms with Crippen molar-refractivity contribution in [1.29, 1.82) is 0 Å². The number of esters is 1. The maximum Gasteiger partial charge on any atom is 0.347 e. The van der Waals surface area contributed by atoms with E-state index in [1.165, 1.54) is 0 Å². The highest BCUT2D eigenvalue weighted by Gasteiger charge is 2.33. The lowest BCUT2D eigenvalue weighted by molar-refractivity contribution is 0.0728. The van der Waals surface area contributed by atoms with E-state index in [1.807, 2.05) is 42.5 Å². The van der Waals surface area contributed by atoms with Gasteiger partial charge in [-0.15, -0.1) is 6.58 Å². The molecule has 0 aromatic heterocycles. The molecule has 0 aliphatic carbocycles. The Balaban J connectivity index is 1.80. The molecule has 3 aromatic rings. The van der Waals surface area contributed by atoms with Crippen molar-refractivity contribution in [3.8, 4) is 11.5 Å². The number of carbonyl (C=O) groups excluding carboxylic acids is 1. The van der Waals surface area contributed by atoms with Gasteiger partial charge in [0.25, 0.3) is 0 Å². The van der Waals surface area contributed by atoms with Gasteiger partial charge in [-0.1, -0.05) is 68.5 Å². The molecule has 1 N–H and O–H groups in total. The van der Waals surface area contributed by atoms with Crippen LogP contribution in [0.2, 0.25) is 0 Å². The molecule has 4 rings (SSSR count). The molecule has 1 atom stereocenters. The number of fused-ring (bicyclic) bond motifs is 1. The number of rotatable bonds is 9. The SMILES string of the molecule is C=CCN1Cc2c(F)c(C)c(C(=O)Oc3ccccc3)c(OCc3ccccc3)c2NC[C@H]1CC(C)C. The van der Waals surface area contributed by atoms with Crippen LogP contribution in [0.5, 0.6) is 11.5 Å². The number of nitrogens with zero attached hydrogens (tertiary/aromatic N) is 1. The summed E-state index contributed by atoms with van der Waals surface area (Å²) in [4.78, 5) is 15.7. The van der Waals surface area contributed by atoms with E-state index in [9.17, 15) is 4.79 Å². The van der Waals surface area contributed by atoms with Gasteiger partial charge in [-0.05, 0) is 37.0 Å². The molecule has 0 amide bonds. The Labute approximate surface area is 218 Å². The van der Waals surface area contributed by atoms with Crippen LogP contribution in [0.3, 0.4) is 0 Å². The molecule has 3 aromatic carbocycles. The molecule has 0 spiro atoms. The van der Waals surface area contributed by atoms with E-state index in [0.717, 1.165) is 12.0 Å². The molecule has 0 saturated carbocycles. The summed E-state index contributed by atoms with van der Waals surface area (Å²) in [7, 11) is 0. The van der Waals surface area contributed by atoms with Crippen molar-refractivity contribution in [2.45, 2.75) is 46.4 Å². The Bertz CT molecular complexity index is 1230. The van der Waals surface area contributed by atoms with Gasteiger partial charge >= 0.3 is 5.97 Å². The van der Waals surface area contributed by atoms with E-state index in [0.29, 0.717) is 48.3 Å². The zero-order chi connectivity index (χ0) is 26.4. The lowest BCUT2D eigenvalue weighted by Gasteiger charge is -2.30. The molecule has 0 radical (unpaired) electrons. The van der Waals surface area contributed by atoms with Crippen LogP contribution >= 0.6 is 0 Å². The van der Waals surface area contributed by atoms with Crippen LogP contribution in [0, 0.1) is 18.7 Å². The fourth-order valence-corrected chi connectivity index (χ4v) is 4.82. The Morgan fingerprint density at radius 2 is 1.84 bits per heavy atom. The van der Waals surface area contributed by atoms with Gasteiger partial charge in [0.1, 0.15) is 23.7 Å². The van der Waals surface area contributed by atoms with E-state index < -0.39 is 11.8 Å². The molecule has 194 valence electrons. The maximum atomic E-state index is 16.0. The molecule has 0 bridgehead atoms. The van der Waals surface area contributed by atoms with Crippen LogP contribution in [0.4, 0.5) is 10.1 Å². The molecule has 1 heterocycles. The third-order valence-electron chi connectivity index (χ3n) is 6.61. The highest BCUT2D eigenvalue weighted by atomic mass is 19.1. The minimum Gasteiger partial charge on any atom is -0.486 e. The first kappa shape index (κ1) is 26.4. The summed E-state index contributed by atoms with van der Waals surface area (Å²) in [6.07, 6.45) is 2.79. The molecule has 0 saturated heterocycles. The largest absolute Gasteiger partial charge is 0.486 e. The van der Waals surface area contributed by atoms with Gasteiger partial charge in [0.05, 0.1) is 5.69 Å².